The fourth-order valence-electron chi connectivity index (χ4n) is 2.44. The number of fused-ring (bicyclic) bond motifs is 1. The van der Waals surface area contributed by atoms with E-state index in [-0.39, 0.29) is 5.54 Å². The van der Waals surface area contributed by atoms with E-state index in [1.54, 1.807) is 10.4 Å². The van der Waals surface area contributed by atoms with Gasteiger partial charge in [-0.1, -0.05) is 0 Å². The first kappa shape index (κ1) is 13.1. The van der Waals surface area contributed by atoms with Gasteiger partial charge in [0.05, 0.1) is 0 Å². The second kappa shape index (κ2) is 5.09. The molecule has 2 nitrogen and oxygen atoms in total. The molecule has 1 unspecified atom stereocenters. The lowest BCUT2D eigenvalue weighted by molar-refractivity contribution is 0.195. The Morgan fingerprint density at radius 3 is 2.94 bits per heavy atom. The van der Waals surface area contributed by atoms with Gasteiger partial charge in [-0.2, -0.15) is 0 Å². The van der Waals surface area contributed by atoms with Gasteiger partial charge in [-0.05, 0) is 51.1 Å². The Morgan fingerprint density at radius 2 is 2.24 bits per heavy atom. The number of hydrogen-bond donors (Lipinski definition) is 1. The van der Waals surface area contributed by atoms with Crippen molar-refractivity contribution in [3.8, 4) is 0 Å². The minimum absolute atomic E-state index is 0.229. The van der Waals surface area contributed by atoms with E-state index in [4.69, 9.17) is 0 Å². The van der Waals surface area contributed by atoms with E-state index in [2.05, 4.69) is 49.4 Å². The summed E-state index contributed by atoms with van der Waals surface area (Å²) in [4.78, 5) is 4.19. The molecule has 0 amide bonds. The van der Waals surface area contributed by atoms with E-state index in [1.807, 2.05) is 11.3 Å². The Morgan fingerprint density at radius 1 is 1.47 bits per heavy atom. The van der Waals surface area contributed by atoms with E-state index in [0.29, 0.717) is 6.04 Å². The molecule has 0 aliphatic carbocycles. The van der Waals surface area contributed by atoms with E-state index in [0.717, 1.165) is 13.1 Å². The summed E-state index contributed by atoms with van der Waals surface area (Å²) in [5.41, 5.74) is 1.78. The molecular formula is C14H24N2S. The normalized spacial score (nSPS) is 21.5. The van der Waals surface area contributed by atoms with Gasteiger partial charge >= 0.3 is 0 Å². The monoisotopic (exact) mass is 252 g/mol. The van der Waals surface area contributed by atoms with Crippen molar-refractivity contribution in [3.05, 3.63) is 21.9 Å². The smallest absolute Gasteiger partial charge is 0.0331 e. The number of rotatable bonds is 3. The molecular weight excluding hydrogens is 228 g/mol. The van der Waals surface area contributed by atoms with Crippen molar-refractivity contribution >= 4 is 11.3 Å². The fraction of sp³-hybridized carbons (Fsp3) is 0.714. The van der Waals surface area contributed by atoms with Crippen LogP contribution in [0.3, 0.4) is 0 Å². The van der Waals surface area contributed by atoms with Gasteiger partial charge < -0.3 is 5.32 Å². The Balaban J connectivity index is 1.88. The SMILES string of the molecule is CC1c2ccsc2CCN1CCNC(C)(C)C. The van der Waals surface area contributed by atoms with Crippen molar-refractivity contribution in [3.63, 3.8) is 0 Å². The average Bonchev–Trinajstić information content (AvgIpc) is 2.68. The largest absolute Gasteiger partial charge is 0.311 e. The predicted molar refractivity (Wildman–Crippen MR) is 75.8 cm³/mol. The Kier molecular flexibility index (Phi) is 3.91. The summed E-state index contributed by atoms with van der Waals surface area (Å²) in [6, 6.07) is 2.89. The maximum Gasteiger partial charge on any atom is 0.0331 e. The molecule has 1 aromatic heterocycles. The zero-order valence-corrected chi connectivity index (χ0v) is 12.2. The molecule has 0 aromatic carbocycles. The zero-order valence-electron chi connectivity index (χ0n) is 11.4. The van der Waals surface area contributed by atoms with Crippen LogP contribution in [0.5, 0.6) is 0 Å². The van der Waals surface area contributed by atoms with Gasteiger partial charge in [-0.25, -0.2) is 0 Å². The lowest BCUT2D eigenvalue weighted by Crippen LogP contribution is -2.43. The summed E-state index contributed by atoms with van der Waals surface area (Å²) < 4.78 is 0. The van der Waals surface area contributed by atoms with Crippen LogP contribution in [0.4, 0.5) is 0 Å². The Bertz CT molecular complexity index is 365. The molecule has 2 rings (SSSR count). The molecule has 2 heterocycles. The molecule has 0 bridgehead atoms. The molecule has 0 spiro atoms. The first-order valence-electron chi connectivity index (χ1n) is 6.53. The summed E-state index contributed by atoms with van der Waals surface area (Å²) in [5.74, 6) is 0. The second-order valence-electron chi connectivity index (χ2n) is 5.94. The van der Waals surface area contributed by atoms with Crippen molar-refractivity contribution in [1.29, 1.82) is 0 Å². The third kappa shape index (κ3) is 3.30. The number of nitrogens with zero attached hydrogens (tertiary/aromatic N) is 1. The Hall–Kier alpha value is -0.380. The molecule has 0 radical (unpaired) electrons. The lowest BCUT2D eigenvalue weighted by Gasteiger charge is -2.34. The molecule has 3 heteroatoms. The van der Waals surface area contributed by atoms with Crippen LogP contribution < -0.4 is 5.32 Å². The number of hydrogen-bond acceptors (Lipinski definition) is 3. The molecule has 1 N–H and O–H groups in total. The van der Waals surface area contributed by atoms with Crippen molar-refractivity contribution in [2.75, 3.05) is 19.6 Å². The average molecular weight is 252 g/mol. The van der Waals surface area contributed by atoms with Gasteiger partial charge in [0, 0.05) is 36.1 Å². The van der Waals surface area contributed by atoms with Crippen LogP contribution in [0, 0.1) is 0 Å². The third-order valence-electron chi connectivity index (χ3n) is 3.46. The summed E-state index contributed by atoms with van der Waals surface area (Å²) in [6.45, 7) is 12.4. The van der Waals surface area contributed by atoms with Gasteiger partial charge in [-0.15, -0.1) is 11.3 Å². The van der Waals surface area contributed by atoms with Gasteiger partial charge in [0.2, 0.25) is 0 Å². The highest BCUT2D eigenvalue weighted by Gasteiger charge is 2.24. The maximum atomic E-state index is 3.57. The van der Waals surface area contributed by atoms with Crippen molar-refractivity contribution in [2.45, 2.75) is 45.7 Å². The molecule has 1 aliphatic rings. The molecule has 0 saturated carbocycles. The van der Waals surface area contributed by atoms with Crippen molar-refractivity contribution < 1.29 is 0 Å². The van der Waals surface area contributed by atoms with Crippen LogP contribution >= 0.6 is 11.3 Å². The van der Waals surface area contributed by atoms with Crippen molar-refractivity contribution in [2.24, 2.45) is 0 Å². The minimum Gasteiger partial charge on any atom is -0.311 e. The first-order chi connectivity index (χ1) is 7.97. The van der Waals surface area contributed by atoms with Gasteiger partial charge in [-0.3, -0.25) is 4.90 Å². The van der Waals surface area contributed by atoms with Crippen LogP contribution in [0.15, 0.2) is 11.4 Å². The summed E-state index contributed by atoms with van der Waals surface area (Å²) >= 11 is 1.92. The van der Waals surface area contributed by atoms with Gasteiger partial charge in [0.15, 0.2) is 0 Å². The molecule has 1 aliphatic heterocycles. The highest BCUT2D eigenvalue weighted by Crippen LogP contribution is 2.32. The van der Waals surface area contributed by atoms with E-state index in [9.17, 15) is 0 Å². The highest BCUT2D eigenvalue weighted by molar-refractivity contribution is 7.10. The van der Waals surface area contributed by atoms with E-state index >= 15 is 0 Å². The molecule has 17 heavy (non-hydrogen) atoms. The number of nitrogens with one attached hydrogen (secondary N) is 1. The second-order valence-corrected chi connectivity index (χ2v) is 6.94. The summed E-state index contributed by atoms with van der Waals surface area (Å²) in [7, 11) is 0. The van der Waals surface area contributed by atoms with Gasteiger partial charge in [0.25, 0.3) is 0 Å². The summed E-state index contributed by atoms with van der Waals surface area (Å²) in [6.07, 6.45) is 1.23. The maximum absolute atomic E-state index is 3.57. The lowest BCUT2D eigenvalue weighted by atomic mass is 10.0. The topological polar surface area (TPSA) is 15.3 Å². The molecule has 1 aromatic rings. The minimum atomic E-state index is 0.229. The molecule has 0 saturated heterocycles. The molecule has 1 atom stereocenters. The molecule has 0 fully saturated rings. The van der Waals surface area contributed by atoms with Gasteiger partial charge in [0.1, 0.15) is 0 Å². The zero-order chi connectivity index (χ0) is 12.5. The summed E-state index contributed by atoms with van der Waals surface area (Å²) in [5, 5.41) is 5.80. The third-order valence-corrected chi connectivity index (χ3v) is 4.45. The molecule has 96 valence electrons. The Labute approximate surface area is 109 Å². The fourth-order valence-corrected chi connectivity index (χ4v) is 3.40. The highest BCUT2D eigenvalue weighted by atomic mass is 32.1. The predicted octanol–water partition coefficient (Wildman–Crippen LogP) is 3.06. The van der Waals surface area contributed by atoms with Crippen LogP contribution in [0.2, 0.25) is 0 Å². The number of thiophene rings is 1. The van der Waals surface area contributed by atoms with Crippen LogP contribution in [0.25, 0.3) is 0 Å². The van der Waals surface area contributed by atoms with Crippen molar-refractivity contribution in [1.82, 2.24) is 10.2 Å². The van der Waals surface area contributed by atoms with Crippen LogP contribution in [-0.2, 0) is 6.42 Å². The van der Waals surface area contributed by atoms with E-state index < -0.39 is 0 Å². The van der Waals surface area contributed by atoms with E-state index in [1.165, 1.54) is 13.0 Å². The van der Waals surface area contributed by atoms with Crippen LogP contribution in [-0.4, -0.2) is 30.1 Å². The first-order valence-corrected chi connectivity index (χ1v) is 7.41. The quantitative estimate of drug-likeness (QED) is 0.889. The van der Waals surface area contributed by atoms with Crippen LogP contribution in [0.1, 0.15) is 44.2 Å². The standard InChI is InChI=1S/C14H24N2S/c1-11-12-6-10-17-13(12)5-8-16(11)9-7-15-14(2,3)4/h6,10-11,15H,5,7-9H2,1-4H3.